The van der Waals surface area contributed by atoms with Gasteiger partial charge in [0.05, 0.1) is 26.6 Å². The van der Waals surface area contributed by atoms with Crippen LogP contribution in [0.4, 0.5) is 0 Å². The van der Waals surface area contributed by atoms with Crippen molar-refractivity contribution in [2.24, 2.45) is 0 Å². The fourth-order valence-corrected chi connectivity index (χ4v) is 8.21. The smallest absolute Gasteiger partial charge is 0.0964 e. The Morgan fingerprint density at radius 1 is 0.440 bits per heavy atom. The van der Waals surface area contributed by atoms with E-state index in [1.807, 2.05) is 11.3 Å². The van der Waals surface area contributed by atoms with Crippen molar-refractivity contribution in [1.82, 2.24) is 9.97 Å². The number of pyridine rings is 1. The number of nitrogens with zero attached hydrogens (tertiary/aromatic N) is 2. The predicted molar refractivity (Wildman–Crippen MR) is 214 cm³/mol. The molecule has 0 aliphatic rings. The summed E-state index contributed by atoms with van der Waals surface area (Å²) in [5, 5.41) is 6.05. The first-order valence-corrected chi connectivity index (χ1v) is 18.0. The third-order valence-electron chi connectivity index (χ3n) is 9.60. The molecule has 7 aromatic carbocycles. The summed E-state index contributed by atoms with van der Waals surface area (Å²) in [5.74, 6) is 0.372. The van der Waals surface area contributed by atoms with Gasteiger partial charge in [0.25, 0.3) is 0 Å². The molecule has 9 rings (SSSR count). The van der Waals surface area contributed by atoms with Gasteiger partial charge in [0, 0.05) is 22.4 Å². The Hall–Kier alpha value is -5.90. The fraction of sp³-hybridized carbons (Fsp3) is 0.0638. The SMILES string of the molecule is CC(C)c1nc2c(cc(-c3c(-c4ccccc4-c4cc(-c5ccccc5)nc(-c5ccccc5)c4)ccc4ccccc34)c3ccccc32)s1. The maximum absolute atomic E-state index is 5.18. The molecule has 0 amide bonds. The molecule has 0 aliphatic carbocycles. The van der Waals surface area contributed by atoms with Crippen LogP contribution in [0, 0.1) is 0 Å². The predicted octanol–water partition coefficient (Wildman–Crippen LogP) is 13.5. The molecule has 2 nitrogen and oxygen atoms in total. The van der Waals surface area contributed by atoms with E-state index in [2.05, 4.69) is 178 Å². The van der Waals surface area contributed by atoms with Crippen LogP contribution in [0.25, 0.3) is 87.7 Å². The number of thiazole rings is 1. The van der Waals surface area contributed by atoms with Gasteiger partial charge >= 0.3 is 0 Å². The van der Waals surface area contributed by atoms with Gasteiger partial charge in [-0.3, -0.25) is 0 Å². The normalized spacial score (nSPS) is 11.6. The van der Waals surface area contributed by atoms with E-state index in [0.29, 0.717) is 5.92 Å². The molecular weight excluding hydrogens is 625 g/mol. The number of hydrogen-bond donors (Lipinski definition) is 0. The van der Waals surface area contributed by atoms with E-state index in [4.69, 9.17) is 9.97 Å². The van der Waals surface area contributed by atoms with Gasteiger partial charge in [-0.2, -0.15) is 0 Å². The molecule has 2 heterocycles. The van der Waals surface area contributed by atoms with Crippen LogP contribution >= 0.6 is 11.3 Å². The molecule has 0 aliphatic heterocycles. The Balaban J connectivity index is 1.34. The quantitative estimate of drug-likeness (QED) is 0.178. The van der Waals surface area contributed by atoms with Gasteiger partial charge in [-0.25, -0.2) is 9.97 Å². The minimum atomic E-state index is 0.372. The van der Waals surface area contributed by atoms with E-state index in [0.717, 1.165) is 33.6 Å². The summed E-state index contributed by atoms with van der Waals surface area (Å²) in [7, 11) is 0. The monoisotopic (exact) mass is 658 g/mol. The summed E-state index contributed by atoms with van der Waals surface area (Å²) in [6, 6.07) is 58.9. The molecule has 0 spiro atoms. The average Bonchev–Trinajstić information content (AvgIpc) is 3.63. The van der Waals surface area contributed by atoms with E-state index in [1.165, 1.54) is 59.1 Å². The Bertz CT molecular complexity index is 2610. The van der Waals surface area contributed by atoms with Gasteiger partial charge in [0.15, 0.2) is 0 Å². The Morgan fingerprint density at radius 2 is 1.02 bits per heavy atom. The second-order valence-electron chi connectivity index (χ2n) is 13.1. The third kappa shape index (κ3) is 5.28. The lowest BCUT2D eigenvalue weighted by atomic mass is 9.84. The first-order chi connectivity index (χ1) is 24.6. The molecule has 0 unspecified atom stereocenters. The van der Waals surface area contributed by atoms with Crippen molar-refractivity contribution < 1.29 is 0 Å². The van der Waals surface area contributed by atoms with Crippen LogP contribution in [-0.2, 0) is 0 Å². The zero-order chi connectivity index (χ0) is 33.6. The molecule has 238 valence electrons. The van der Waals surface area contributed by atoms with Crippen molar-refractivity contribution in [3.8, 4) is 55.9 Å². The van der Waals surface area contributed by atoms with Crippen LogP contribution in [0.15, 0.2) is 164 Å². The van der Waals surface area contributed by atoms with Crippen molar-refractivity contribution in [1.29, 1.82) is 0 Å². The molecule has 0 saturated heterocycles. The van der Waals surface area contributed by atoms with E-state index in [1.54, 1.807) is 0 Å². The maximum Gasteiger partial charge on any atom is 0.0964 e. The van der Waals surface area contributed by atoms with Gasteiger partial charge < -0.3 is 0 Å². The highest BCUT2D eigenvalue weighted by molar-refractivity contribution is 7.18. The second-order valence-corrected chi connectivity index (χ2v) is 14.2. The van der Waals surface area contributed by atoms with Gasteiger partial charge in [-0.15, -0.1) is 11.3 Å². The average molecular weight is 659 g/mol. The topological polar surface area (TPSA) is 25.8 Å². The molecular formula is C47H34N2S. The molecule has 2 aromatic heterocycles. The number of rotatable bonds is 6. The fourth-order valence-electron chi connectivity index (χ4n) is 7.18. The largest absolute Gasteiger partial charge is 0.248 e. The molecule has 50 heavy (non-hydrogen) atoms. The summed E-state index contributed by atoms with van der Waals surface area (Å²) in [6.07, 6.45) is 0. The summed E-state index contributed by atoms with van der Waals surface area (Å²) < 4.78 is 1.23. The number of fused-ring (bicyclic) bond motifs is 4. The summed E-state index contributed by atoms with van der Waals surface area (Å²) >= 11 is 1.82. The van der Waals surface area contributed by atoms with Gasteiger partial charge in [0.2, 0.25) is 0 Å². The molecule has 0 saturated carbocycles. The number of hydrogen-bond acceptors (Lipinski definition) is 3. The lowest BCUT2D eigenvalue weighted by Crippen LogP contribution is -1.94. The Kier molecular flexibility index (Phi) is 7.56. The molecule has 0 radical (unpaired) electrons. The van der Waals surface area contributed by atoms with E-state index in [-0.39, 0.29) is 0 Å². The molecule has 0 atom stereocenters. The van der Waals surface area contributed by atoms with Crippen molar-refractivity contribution >= 4 is 43.1 Å². The highest BCUT2D eigenvalue weighted by Crippen LogP contribution is 2.47. The van der Waals surface area contributed by atoms with Crippen molar-refractivity contribution in [3.63, 3.8) is 0 Å². The molecule has 0 bridgehead atoms. The van der Waals surface area contributed by atoms with E-state index < -0.39 is 0 Å². The van der Waals surface area contributed by atoms with Crippen LogP contribution in [0.1, 0.15) is 24.8 Å². The summed E-state index contributed by atoms with van der Waals surface area (Å²) in [5.41, 5.74) is 12.4. The highest BCUT2D eigenvalue weighted by atomic mass is 32.1. The number of benzene rings is 7. The van der Waals surface area contributed by atoms with Crippen molar-refractivity contribution in [3.05, 3.63) is 169 Å². The Morgan fingerprint density at radius 3 is 1.70 bits per heavy atom. The first kappa shape index (κ1) is 30.2. The zero-order valence-electron chi connectivity index (χ0n) is 28.0. The molecule has 0 N–H and O–H groups in total. The van der Waals surface area contributed by atoms with Crippen LogP contribution in [0.2, 0.25) is 0 Å². The maximum atomic E-state index is 5.18. The van der Waals surface area contributed by atoms with Crippen LogP contribution in [0.3, 0.4) is 0 Å². The van der Waals surface area contributed by atoms with Crippen LogP contribution < -0.4 is 0 Å². The highest BCUT2D eigenvalue weighted by Gasteiger charge is 2.21. The lowest BCUT2D eigenvalue weighted by Gasteiger charge is -2.19. The Labute approximate surface area is 296 Å². The van der Waals surface area contributed by atoms with Gasteiger partial charge in [0.1, 0.15) is 0 Å². The van der Waals surface area contributed by atoms with Crippen LogP contribution in [0.5, 0.6) is 0 Å². The van der Waals surface area contributed by atoms with E-state index in [9.17, 15) is 0 Å². The standard InChI is InChI=1S/C47H34N2S/c1-30(2)47-49-46-40-24-14-13-23-38(40)41(29-44(46)50-47)45-36-21-10-9-15-31(36)25-26-39(45)37-22-12-11-20-35(37)34-27-42(32-16-5-3-6-17-32)48-43(28-34)33-18-7-4-8-19-33/h3-30H,1-2H3. The second kappa shape index (κ2) is 12.5. The minimum absolute atomic E-state index is 0.372. The molecule has 9 aromatic rings. The molecule has 0 fully saturated rings. The lowest BCUT2D eigenvalue weighted by molar-refractivity contribution is 0.857. The van der Waals surface area contributed by atoms with Gasteiger partial charge in [-0.1, -0.05) is 159 Å². The minimum Gasteiger partial charge on any atom is -0.248 e. The van der Waals surface area contributed by atoms with Crippen LogP contribution in [-0.4, -0.2) is 9.97 Å². The summed E-state index contributed by atoms with van der Waals surface area (Å²) in [4.78, 5) is 10.3. The third-order valence-corrected chi connectivity index (χ3v) is 10.9. The molecule has 3 heteroatoms. The summed E-state index contributed by atoms with van der Waals surface area (Å²) in [6.45, 7) is 4.46. The van der Waals surface area contributed by atoms with Crippen molar-refractivity contribution in [2.75, 3.05) is 0 Å². The number of aromatic nitrogens is 2. The van der Waals surface area contributed by atoms with Gasteiger partial charge in [-0.05, 0) is 67.7 Å². The first-order valence-electron chi connectivity index (χ1n) is 17.2. The van der Waals surface area contributed by atoms with E-state index >= 15 is 0 Å². The zero-order valence-corrected chi connectivity index (χ0v) is 28.8. The van der Waals surface area contributed by atoms with Crippen molar-refractivity contribution in [2.45, 2.75) is 19.8 Å².